The number of hydrogen-bond acceptors (Lipinski definition) is 7. The predicted octanol–water partition coefficient (Wildman–Crippen LogP) is 2.39. The van der Waals surface area contributed by atoms with Crippen LogP contribution in [0.15, 0.2) is 16.4 Å². The van der Waals surface area contributed by atoms with E-state index in [0.29, 0.717) is 17.4 Å². The number of thioether (sulfide) groups is 2. The number of carbonyl (C=O) groups excluding carboxylic acids is 1. The molecule has 0 saturated carbocycles. The van der Waals surface area contributed by atoms with Crippen LogP contribution in [0.25, 0.3) is 11.0 Å². The summed E-state index contributed by atoms with van der Waals surface area (Å²) in [6, 6.07) is -0.508. The summed E-state index contributed by atoms with van der Waals surface area (Å²) < 4.78 is 6.63. The van der Waals surface area contributed by atoms with Crippen LogP contribution in [0.1, 0.15) is 19.9 Å². The van der Waals surface area contributed by atoms with Crippen LogP contribution in [0, 0.1) is 0 Å². The van der Waals surface area contributed by atoms with Crippen LogP contribution in [0.4, 0.5) is 0 Å². The van der Waals surface area contributed by atoms with E-state index < -0.39 is 6.04 Å². The minimum absolute atomic E-state index is 0.312. The van der Waals surface area contributed by atoms with Crippen molar-refractivity contribution in [2.75, 3.05) is 19.1 Å². The summed E-state index contributed by atoms with van der Waals surface area (Å²) in [5.74, 6) is -0.312. The number of fused-ring (bicyclic) bond motifs is 1. The highest BCUT2D eigenvalue weighted by atomic mass is 32.2. The molecule has 0 N–H and O–H groups in total. The molecule has 2 heterocycles. The van der Waals surface area contributed by atoms with Gasteiger partial charge in [0.15, 0.2) is 10.8 Å². The molecule has 0 aliphatic carbocycles. The molecule has 0 bridgehead atoms. The Labute approximate surface area is 125 Å². The molecule has 6 nitrogen and oxygen atoms in total. The smallest absolute Gasteiger partial charge is 0.330 e. The summed E-state index contributed by atoms with van der Waals surface area (Å²) in [7, 11) is 0. The standard InChI is InChI=1S/C12H16N4O2S2/c1-5-18-11(17)7(2)16-9-8(6-13-16)10(19-3)15-12(14-9)20-4/h6-7H,5H2,1-4H3. The van der Waals surface area contributed by atoms with E-state index in [0.717, 1.165) is 10.4 Å². The highest BCUT2D eigenvalue weighted by molar-refractivity contribution is 7.99. The molecule has 0 aliphatic heterocycles. The lowest BCUT2D eigenvalue weighted by molar-refractivity contribution is -0.146. The first-order valence-corrected chi connectivity index (χ1v) is 8.57. The number of carbonyl (C=O) groups is 1. The van der Waals surface area contributed by atoms with Crippen molar-refractivity contribution in [3.63, 3.8) is 0 Å². The van der Waals surface area contributed by atoms with Crippen molar-refractivity contribution in [1.29, 1.82) is 0 Å². The molecule has 0 aromatic carbocycles. The molecule has 0 amide bonds. The van der Waals surface area contributed by atoms with Crippen molar-refractivity contribution in [1.82, 2.24) is 19.7 Å². The second kappa shape index (κ2) is 6.45. The van der Waals surface area contributed by atoms with Gasteiger partial charge in [0.25, 0.3) is 0 Å². The van der Waals surface area contributed by atoms with Gasteiger partial charge in [-0.25, -0.2) is 19.4 Å². The third kappa shape index (κ3) is 2.76. The fourth-order valence-electron chi connectivity index (χ4n) is 1.77. The Bertz CT molecular complexity index is 629. The lowest BCUT2D eigenvalue weighted by Crippen LogP contribution is -2.20. The van der Waals surface area contributed by atoms with Crippen LogP contribution < -0.4 is 0 Å². The monoisotopic (exact) mass is 312 g/mol. The predicted molar refractivity (Wildman–Crippen MR) is 80.2 cm³/mol. The van der Waals surface area contributed by atoms with Crippen LogP contribution >= 0.6 is 23.5 Å². The zero-order chi connectivity index (χ0) is 14.7. The van der Waals surface area contributed by atoms with Gasteiger partial charge in [0.05, 0.1) is 18.2 Å². The summed E-state index contributed by atoms with van der Waals surface area (Å²) in [5.41, 5.74) is 0.661. The van der Waals surface area contributed by atoms with Gasteiger partial charge in [-0.1, -0.05) is 11.8 Å². The molecular formula is C12H16N4O2S2. The van der Waals surface area contributed by atoms with Gasteiger partial charge in [0, 0.05) is 0 Å². The average molecular weight is 312 g/mol. The van der Waals surface area contributed by atoms with E-state index in [4.69, 9.17) is 4.74 Å². The number of rotatable bonds is 5. The fraction of sp³-hybridized carbons (Fsp3) is 0.500. The second-order valence-corrected chi connectivity index (χ2v) is 5.54. The van der Waals surface area contributed by atoms with Gasteiger partial charge in [-0.3, -0.25) is 0 Å². The normalized spacial score (nSPS) is 12.6. The number of hydrogen-bond donors (Lipinski definition) is 0. The first-order valence-electron chi connectivity index (χ1n) is 6.12. The van der Waals surface area contributed by atoms with E-state index in [2.05, 4.69) is 15.1 Å². The van der Waals surface area contributed by atoms with Gasteiger partial charge in [-0.05, 0) is 26.4 Å². The summed E-state index contributed by atoms with van der Waals surface area (Å²) in [4.78, 5) is 20.8. The molecule has 0 saturated heterocycles. The first-order chi connectivity index (χ1) is 9.62. The molecule has 108 valence electrons. The van der Waals surface area contributed by atoms with Gasteiger partial charge >= 0.3 is 5.97 Å². The lowest BCUT2D eigenvalue weighted by atomic mass is 10.3. The van der Waals surface area contributed by atoms with Gasteiger partial charge in [-0.2, -0.15) is 5.10 Å². The van der Waals surface area contributed by atoms with E-state index >= 15 is 0 Å². The Morgan fingerprint density at radius 2 is 2.15 bits per heavy atom. The van der Waals surface area contributed by atoms with Crippen molar-refractivity contribution in [3.05, 3.63) is 6.20 Å². The van der Waals surface area contributed by atoms with Gasteiger partial charge < -0.3 is 4.74 Å². The zero-order valence-electron chi connectivity index (χ0n) is 11.8. The van der Waals surface area contributed by atoms with Crippen LogP contribution in [0.2, 0.25) is 0 Å². The highest BCUT2D eigenvalue weighted by Gasteiger charge is 2.21. The van der Waals surface area contributed by atoms with E-state index in [-0.39, 0.29) is 5.97 Å². The maximum atomic E-state index is 11.9. The van der Waals surface area contributed by atoms with Crippen molar-refractivity contribution < 1.29 is 9.53 Å². The minimum atomic E-state index is -0.508. The average Bonchev–Trinajstić information content (AvgIpc) is 2.89. The number of ether oxygens (including phenoxy) is 1. The van der Waals surface area contributed by atoms with Crippen LogP contribution in [-0.4, -0.2) is 44.8 Å². The Morgan fingerprint density at radius 3 is 2.75 bits per heavy atom. The summed E-state index contributed by atoms with van der Waals surface area (Å²) in [6.45, 7) is 3.89. The number of esters is 1. The summed E-state index contributed by atoms with van der Waals surface area (Å²) in [6.07, 6.45) is 5.57. The van der Waals surface area contributed by atoms with Gasteiger partial charge in [-0.15, -0.1) is 11.8 Å². The summed E-state index contributed by atoms with van der Waals surface area (Å²) >= 11 is 3.00. The van der Waals surface area contributed by atoms with Crippen LogP contribution in [0.5, 0.6) is 0 Å². The van der Waals surface area contributed by atoms with E-state index in [1.165, 1.54) is 23.5 Å². The molecule has 2 aromatic heterocycles. The van der Waals surface area contributed by atoms with Gasteiger partial charge in [0.2, 0.25) is 0 Å². The quantitative estimate of drug-likeness (QED) is 0.363. The second-order valence-electron chi connectivity index (χ2n) is 3.97. The molecule has 20 heavy (non-hydrogen) atoms. The molecule has 0 radical (unpaired) electrons. The van der Waals surface area contributed by atoms with E-state index in [1.807, 2.05) is 12.5 Å². The minimum Gasteiger partial charge on any atom is -0.464 e. The van der Waals surface area contributed by atoms with Crippen LogP contribution in [0.3, 0.4) is 0 Å². The largest absolute Gasteiger partial charge is 0.464 e. The molecule has 1 unspecified atom stereocenters. The fourth-order valence-corrected chi connectivity index (χ4v) is 2.73. The molecule has 1 atom stereocenters. The van der Waals surface area contributed by atoms with Crippen molar-refractivity contribution in [2.24, 2.45) is 0 Å². The van der Waals surface area contributed by atoms with Gasteiger partial charge in [0.1, 0.15) is 11.1 Å². The molecule has 0 aliphatic rings. The molecular weight excluding hydrogens is 296 g/mol. The zero-order valence-corrected chi connectivity index (χ0v) is 13.4. The molecule has 2 rings (SSSR count). The van der Waals surface area contributed by atoms with E-state index in [9.17, 15) is 4.79 Å². The lowest BCUT2D eigenvalue weighted by Gasteiger charge is -2.12. The van der Waals surface area contributed by atoms with Crippen molar-refractivity contribution in [2.45, 2.75) is 30.1 Å². The molecule has 2 aromatic rings. The van der Waals surface area contributed by atoms with Crippen molar-refractivity contribution in [3.8, 4) is 0 Å². The number of nitrogens with zero attached hydrogens (tertiary/aromatic N) is 4. The maximum absolute atomic E-state index is 11.9. The Morgan fingerprint density at radius 1 is 1.40 bits per heavy atom. The summed E-state index contributed by atoms with van der Waals surface area (Å²) in [5, 5.41) is 6.66. The molecule has 8 heteroatoms. The Balaban J connectivity index is 2.52. The van der Waals surface area contributed by atoms with Crippen LogP contribution in [-0.2, 0) is 9.53 Å². The molecule has 0 fully saturated rings. The third-order valence-electron chi connectivity index (χ3n) is 2.77. The molecule has 0 spiro atoms. The van der Waals surface area contributed by atoms with E-state index in [1.54, 1.807) is 24.7 Å². The number of aromatic nitrogens is 4. The highest BCUT2D eigenvalue weighted by Crippen LogP contribution is 2.27. The van der Waals surface area contributed by atoms with Crippen molar-refractivity contribution >= 4 is 40.5 Å². The Hall–Kier alpha value is -1.28. The SMILES string of the molecule is CCOC(=O)C(C)n1ncc2c(SC)nc(SC)nc21. The maximum Gasteiger partial charge on any atom is 0.330 e. The Kier molecular flexibility index (Phi) is 4.87. The first kappa shape index (κ1) is 15.1. The third-order valence-corrected chi connectivity index (χ3v) is 4.01. The topological polar surface area (TPSA) is 69.9 Å².